The molecule has 0 aliphatic heterocycles. The third-order valence-electron chi connectivity index (χ3n) is 3.43. The van der Waals surface area contributed by atoms with Crippen molar-refractivity contribution < 1.29 is 14.0 Å². The van der Waals surface area contributed by atoms with Crippen LogP contribution in [0.3, 0.4) is 0 Å². The van der Waals surface area contributed by atoms with Crippen molar-refractivity contribution in [2.45, 2.75) is 25.0 Å². The number of amides is 2. The first-order valence-electron chi connectivity index (χ1n) is 7.98. The van der Waals surface area contributed by atoms with Gasteiger partial charge in [0.25, 0.3) is 0 Å². The van der Waals surface area contributed by atoms with Gasteiger partial charge in [-0.25, -0.2) is 14.3 Å². The minimum absolute atomic E-state index is 0.0499. The number of rotatable bonds is 8. The maximum atomic E-state index is 12.8. The summed E-state index contributed by atoms with van der Waals surface area (Å²) in [5.74, 6) is -1.01. The average molecular weight is 381 g/mol. The van der Waals surface area contributed by atoms with Crippen molar-refractivity contribution in [1.82, 2.24) is 19.7 Å². The van der Waals surface area contributed by atoms with E-state index in [2.05, 4.69) is 15.5 Å². The quantitative estimate of drug-likeness (QED) is 0.672. The van der Waals surface area contributed by atoms with E-state index in [0.717, 1.165) is 18.2 Å². The van der Waals surface area contributed by atoms with Gasteiger partial charge in [-0.3, -0.25) is 14.2 Å². The number of thioether (sulfide) groups is 1. The van der Waals surface area contributed by atoms with E-state index in [1.54, 1.807) is 0 Å². The number of aromatic amines is 1. The Kier molecular flexibility index (Phi) is 6.96. The highest BCUT2D eigenvalue weighted by Gasteiger charge is 2.16. The summed E-state index contributed by atoms with van der Waals surface area (Å²) in [7, 11) is 1.51. The van der Waals surface area contributed by atoms with Crippen molar-refractivity contribution in [2.75, 3.05) is 24.7 Å². The zero-order valence-corrected chi connectivity index (χ0v) is 15.3. The molecule has 1 aromatic carbocycles. The van der Waals surface area contributed by atoms with Gasteiger partial charge in [0.15, 0.2) is 5.16 Å². The molecule has 0 unspecified atom stereocenters. The first-order valence-corrected chi connectivity index (χ1v) is 8.96. The molecule has 0 aliphatic rings. The van der Waals surface area contributed by atoms with Gasteiger partial charge in [-0.15, -0.1) is 5.10 Å². The summed E-state index contributed by atoms with van der Waals surface area (Å²) in [6.07, 6.45) is 0.768. The molecular formula is C16H20FN5O3S. The number of carbonyl (C=O) groups excluding carboxylic acids is 2. The molecule has 8 nitrogen and oxygen atoms in total. The SMILES string of the molecule is CCCn1c(SCC(=O)N(C)CC(=O)Nc2ccc(F)cc2)n[nH]c1=O. The second-order valence-electron chi connectivity index (χ2n) is 5.56. The summed E-state index contributed by atoms with van der Waals surface area (Å²) in [5, 5.41) is 9.28. The topological polar surface area (TPSA) is 100 Å². The summed E-state index contributed by atoms with van der Waals surface area (Å²) >= 11 is 1.13. The molecule has 2 amide bonds. The molecule has 2 aromatic rings. The van der Waals surface area contributed by atoms with E-state index in [-0.39, 0.29) is 29.8 Å². The highest BCUT2D eigenvalue weighted by molar-refractivity contribution is 7.99. The summed E-state index contributed by atoms with van der Waals surface area (Å²) in [4.78, 5) is 37.0. The molecule has 140 valence electrons. The Morgan fingerprint density at radius 1 is 1.35 bits per heavy atom. The fourth-order valence-corrected chi connectivity index (χ4v) is 3.02. The molecule has 0 atom stereocenters. The second kappa shape index (κ2) is 9.18. The lowest BCUT2D eigenvalue weighted by Crippen LogP contribution is -2.36. The maximum Gasteiger partial charge on any atom is 0.343 e. The number of H-pyrrole nitrogens is 1. The van der Waals surface area contributed by atoms with Gasteiger partial charge in [-0.05, 0) is 30.7 Å². The minimum Gasteiger partial charge on any atom is -0.336 e. The van der Waals surface area contributed by atoms with Crippen LogP contribution in [-0.2, 0) is 16.1 Å². The van der Waals surface area contributed by atoms with E-state index in [1.165, 1.54) is 40.8 Å². The Morgan fingerprint density at radius 2 is 2.04 bits per heavy atom. The summed E-state index contributed by atoms with van der Waals surface area (Å²) in [5.41, 5.74) is 0.139. The molecular weight excluding hydrogens is 361 g/mol. The van der Waals surface area contributed by atoms with Crippen LogP contribution < -0.4 is 11.0 Å². The monoisotopic (exact) mass is 381 g/mol. The van der Waals surface area contributed by atoms with Crippen molar-refractivity contribution in [2.24, 2.45) is 0 Å². The van der Waals surface area contributed by atoms with Gasteiger partial charge in [-0.2, -0.15) is 0 Å². The molecule has 0 saturated heterocycles. The van der Waals surface area contributed by atoms with E-state index in [4.69, 9.17) is 0 Å². The van der Waals surface area contributed by atoms with Crippen molar-refractivity contribution in [3.05, 3.63) is 40.6 Å². The fourth-order valence-electron chi connectivity index (χ4n) is 2.11. The highest BCUT2D eigenvalue weighted by Crippen LogP contribution is 2.14. The lowest BCUT2D eigenvalue weighted by Gasteiger charge is -2.16. The van der Waals surface area contributed by atoms with Crippen LogP contribution >= 0.6 is 11.8 Å². The number of nitrogens with one attached hydrogen (secondary N) is 2. The third-order valence-corrected chi connectivity index (χ3v) is 4.39. The minimum atomic E-state index is -0.396. The number of likely N-dealkylation sites (N-methyl/N-ethyl adjacent to an activating group) is 1. The van der Waals surface area contributed by atoms with Gasteiger partial charge in [0.2, 0.25) is 11.8 Å². The zero-order valence-electron chi connectivity index (χ0n) is 14.5. The van der Waals surface area contributed by atoms with E-state index in [9.17, 15) is 18.8 Å². The van der Waals surface area contributed by atoms with E-state index >= 15 is 0 Å². The molecule has 2 N–H and O–H groups in total. The van der Waals surface area contributed by atoms with Crippen molar-refractivity contribution in [3.8, 4) is 0 Å². The number of hydrogen-bond acceptors (Lipinski definition) is 5. The molecule has 0 aliphatic carbocycles. The average Bonchev–Trinajstić information content (AvgIpc) is 2.95. The molecule has 0 saturated carbocycles. The first-order chi connectivity index (χ1) is 12.4. The first kappa shape index (κ1) is 19.7. The van der Waals surface area contributed by atoms with E-state index in [1.807, 2.05) is 6.92 Å². The lowest BCUT2D eigenvalue weighted by atomic mass is 10.3. The maximum absolute atomic E-state index is 12.8. The molecule has 0 spiro atoms. The Hall–Kier alpha value is -2.62. The number of carbonyl (C=O) groups is 2. The smallest absolute Gasteiger partial charge is 0.336 e. The van der Waals surface area contributed by atoms with Crippen LogP contribution in [0.4, 0.5) is 10.1 Å². The Morgan fingerprint density at radius 3 is 2.69 bits per heavy atom. The van der Waals surface area contributed by atoms with Gasteiger partial charge < -0.3 is 10.2 Å². The Bertz CT molecular complexity index is 818. The summed E-state index contributed by atoms with van der Waals surface area (Å²) < 4.78 is 14.3. The molecule has 0 fully saturated rings. The van der Waals surface area contributed by atoms with Crippen LogP contribution in [0.25, 0.3) is 0 Å². The predicted octanol–water partition coefficient (Wildman–Crippen LogP) is 1.31. The third kappa shape index (κ3) is 5.45. The van der Waals surface area contributed by atoms with E-state index in [0.29, 0.717) is 17.4 Å². The molecule has 0 radical (unpaired) electrons. The molecule has 26 heavy (non-hydrogen) atoms. The van der Waals surface area contributed by atoms with Crippen LogP contribution in [0.5, 0.6) is 0 Å². The lowest BCUT2D eigenvalue weighted by molar-refractivity contribution is -0.131. The summed E-state index contributed by atoms with van der Waals surface area (Å²) in [6, 6.07) is 5.35. The number of nitrogens with zero attached hydrogens (tertiary/aromatic N) is 3. The predicted molar refractivity (Wildman–Crippen MR) is 96.5 cm³/mol. The molecule has 2 rings (SSSR count). The van der Waals surface area contributed by atoms with Crippen LogP contribution in [0.15, 0.2) is 34.2 Å². The van der Waals surface area contributed by atoms with Crippen molar-refractivity contribution in [1.29, 1.82) is 0 Å². The largest absolute Gasteiger partial charge is 0.343 e. The number of aromatic nitrogens is 3. The second-order valence-corrected chi connectivity index (χ2v) is 6.50. The fraction of sp³-hybridized carbons (Fsp3) is 0.375. The highest BCUT2D eigenvalue weighted by atomic mass is 32.2. The number of benzene rings is 1. The number of anilines is 1. The molecule has 1 aromatic heterocycles. The van der Waals surface area contributed by atoms with Crippen molar-refractivity contribution in [3.63, 3.8) is 0 Å². The summed E-state index contributed by atoms with van der Waals surface area (Å²) in [6.45, 7) is 2.31. The van der Waals surface area contributed by atoms with Gasteiger partial charge >= 0.3 is 5.69 Å². The molecule has 1 heterocycles. The van der Waals surface area contributed by atoms with E-state index < -0.39 is 5.82 Å². The van der Waals surface area contributed by atoms with Gasteiger partial charge in [-0.1, -0.05) is 18.7 Å². The zero-order chi connectivity index (χ0) is 19.1. The Labute approximate surface area is 153 Å². The van der Waals surface area contributed by atoms with Gasteiger partial charge in [0.05, 0.1) is 12.3 Å². The molecule has 10 heteroatoms. The van der Waals surface area contributed by atoms with Gasteiger partial charge in [0, 0.05) is 19.3 Å². The standard InChI is InChI=1S/C16H20FN5O3S/c1-3-8-22-15(25)19-20-16(22)26-10-14(24)21(2)9-13(23)18-12-6-4-11(17)5-7-12/h4-7H,3,8-10H2,1-2H3,(H,18,23)(H,19,25). The van der Waals surface area contributed by atoms with Crippen LogP contribution in [0.2, 0.25) is 0 Å². The number of halogens is 1. The Balaban J connectivity index is 1.84. The normalized spacial score (nSPS) is 10.6. The number of hydrogen-bond donors (Lipinski definition) is 2. The van der Waals surface area contributed by atoms with Gasteiger partial charge in [0.1, 0.15) is 5.82 Å². The van der Waals surface area contributed by atoms with Crippen LogP contribution in [-0.4, -0.2) is 50.8 Å². The van der Waals surface area contributed by atoms with Crippen molar-refractivity contribution >= 4 is 29.3 Å². The van der Waals surface area contributed by atoms with Crippen LogP contribution in [0.1, 0.15) is 13.3 Å². The molecule has 0 bridgehead atoms. The van der Waals surface area contributed by atoms with Crippen LogP contribution in [0, 0.1) is 5.82 Å².